The third-order valence-electron chi connectivity index (χ3n) is 1.68. The van der Waals surface area contributed by atoms with E-state index < -0.39 is 6.09 Å². The highest BCUT2D eigenvalue weighted by molar-refractivity contribution is 6.18. The van der Waals surface area contributed by atoms with Crippen LogP contribution in [0.3, 0.4) is 0 Å². The summed E-state index contributed by atoms with van der Waals surface area (Å²) in [6.45, 7) is 0.313. The molecule has 0 aliphatic heterocycles. The average molecular weight is 243 g/mol. The van der Waals surface area contributed by atoms with Gasteiger partial charge in [0.05, 0.1) is 6.20 Å². The van der Waals surface area contributed by atoms with E-state index in [0.29, 0.717) is 23.5 Å². The average Bonchev–Trinajstić information content (AvgIpc) is 2.75. The third kappa shape index (κ3) is 2.16. The zero-order chi connectivity index (χ0) is 11.4. The lowest BCUT2D eigenvalue weighted by atomic mass is 10.4. The van der Waals surface area contributed by atoms with Gasteiger partial charge in [0.1, 0.15) is 5.39 Å². The highest BCUT2D eigenvalue weighted by Crippen LogP contribution is 2.17. The van der Waals surface area contributed by atoms with Gasteiger partial charge in [-0.3, -0.25) is 5.10 Å². The van der Waals surface area contributed by atoms with Gasteiger partial charge in [-0.25, -0.2) is 4.79 Å². The summed E-state index contributed by atoms with van der Waals surface area (Å²) < 4.78 is 4.91. The number of aromatic amines is 1. The van der Waals surface area contributed by atoms with Gasteiger partial charge in [0.15, 0.2) is 5.65 Å². The number of hydrogen-bond acceptors (Lipinski definition) is 6. The molecule has 0 atom stereocenters. The number of carbonyl (C=O) groups excluding carboxylic acids is 1. The Balaban J connectivity index is 2.14. The fourth-order valence-corrected chi connectivity index (χ4v) is 1.12. The maximum atomic E-state index is 11.2. The molecule has 0 aromatic carbocycles. The van der Waals surface area contributed by atoms with Crippen molar-refractivity contribution in [2.45, 2.75) is 0 Å². The van der Waals surface area contributed by atoms with Crippen LogP contribution >= 0.6 is 11.6 Å². The molecule has 0 spiro atoms. The molecule has 0 radical (unpaired) electrons. The summed E-state index contributed by atoms with van der Waals surface area (Å²) in [5.41, 5.74) is 0.398. The van der Waals surface area contributed by atoms with E-state index >= 15 is 0 Å². The molecule has 8 nitrogen and oxygen atoms in total. The molecule has 0 unspecified atom stereocenters. The van der Waals surface area contributed by atoms with Crippen molar-refractivity contribution in [2.75, 3.05) is 12.4 Å². The summed E-state index contributed by atoms with van der Waals surface area (Å²) in [5.74, 6) is 0.351. The Labute approximate surface area is 94.3 Å². The number of amides is 1. The summed E-state index contributed by atoms with van der Waals surface area (Å²) in [4.78, 5) is 11.2. The first-order valence-corrected chi connectivity index (χ1v) is 4.89. The number of alkyl halides is 1. The molecule has 2 aromatic heterocycles. The Bertz CT molecular complexity index is 500. The van der Waals surface area contributed by atoms with Gasteiger partial charge in [-0.1, -0.05) is 5.10 Å². The minimum atomic E-state index is -0.649. The standard InChI is InChI=1S/C7H7ClN6O2/c8-1-2-9-7(15)16-6-4-3-10-11-5(4)12-14-13-6/h3H,1-2H2,(H,9,15)(H,10,11,12,13). The number of fused-ring (bicyclic) bond motifs is 1. The van der Waals surface area contributed by atoms with Crippen LogP contribution in [-0.2, 0) is 0 Å². The van der Waals surface area contributed by atoms with Crippen LogP contribution in [0.5, 0.6) is 5.88 Å². The Morgan fingerprint density at radius 2 is 2.44 bits per heavy atom. The summed E-state index contributed by atoms with van der Waals surface area (Å²) in [5, 5.41) is 19.9. The van der Waals surface area contributed by atoms with Crippen LogP contribution in [0.4, 0.5) is 4.79 Å². The SMILES string of the molecule is O=C(NCCCl)Oc1nnnc2[nH]ncc12. The fraction of sp³-hybridized carbons (Fsp3) is 0.286. The van der Waals surface area contributed by atoms with Crippen LogP contribution in [0.2, 0.25) is 0 Å². The van der Waals surface area contributed by atoms with Crippen LogP contribution in [0.25, 0.3) is 11.0 Å². The quantitative estimate of drug-likeness (QED) is 0.738. The molecule has 0 fully saturated rings. The predicted molar refractivity (Wildman–Crippen MR) is 54.2 cm³/mol. The van der Waals surface area contributed by atoms with Crippen molar-refractivity contribution in [3.8, 4) is 5.88 Å². The number of nitrogens with one attached hydrogen (secondary N) is 2. The minimum Gasteiger partial charge on any atom is -0.389 e. The Morgan fingerprint density at radius 1 is 1.56 bits per heavy atom. The van der Waals surface area contributed by atoms with Gasteiger partial charge in [0, 0.05) is 12.4 Å². The van der Waals surface area contributed by atoms with Crippen molar-refractivity contribution in [1.29, 1.82) is 0 Å². The third-order valence-corrected chi connectivity index (χ3v) is 1.87. The van der Waals surface area contributed by atoms with Crippen molar-refractivity contribution in [1.82, 2.24) is 30.9 Å². The van der Waals surface area contributed by atoms with Crippen molar-refractivity contribution in [3.05, 3.63) is 6.20 Å². The first kappa shape index (κ1) is 10.6. The molecule has 84 valence electrons. The molecule has 9 heteroatoms. The monoisotopic (exact) mass is 242 g/mol. The first-order chi connectivity index (χ1) is 7.81. The fourth-order valence-electron chi connectivity index (χ4n) is 1.02. The number of ether oxygens (including phenoxy) is 1. The van der Waals surface area contributed by atoms with Crippen LogP contribution in [-0.4, -0.2) is 44.1 Å². The van der Waals surface area contributed by atoms with Gasteiger partial charge in [-0.2, -0.15) is 5.10 Å². The number of rotatable bonds is 3. The van der Waals surface area contributed by atoms with E-state index in [9.17, 15) is 4.79 Å². The number of carbonyl (C=O) groups is 1. The Kier molecular flexibility index (Phi) is 3.10. The maximum Gasteiger partial charge on any atom is 0.414 e. The van der Waals surface area contributed by atoms with Gasteiger partial charge in [0.2, 0.25) is 0 Å². The number of hydrogen-bond donors (Lipinski definition) is 2. The van der Waals surface area contributed by atoms with Crippen molar-refractivity contribution in [3.63, 3.8) is 0 Å². The van der Waals surface area contributed by atoms with E-state index in [4.69, 9.17) is 16.3 Å². The molecule has 2 aromatic rings. The second-order valence-electron chi connectivity index (χ2n) is 2.73. The molecule has 0 aliphatic carbocycles. The minimum absolute atomic E-state index is 0.0471. The number of halogens is 1. The zero-order valence-electron chi connectivity index (χ0n) is 7.97. The topological polar surface area (TPSA) is 106 Å². The summed E-state index contributed by atoms with van der Waals surface area (Å²) in [6, 6.07) is 0. The summed E-state index contributed by atoms with van der Waals surface area (Å²) >= 11 is 5.40. The lowest BCUT2D eigenvalue weighted by Gasteiger charge is -2.03. The van der Waals surface area contributed by atoms with E-state index in [1.54, 1.807) is 0 Å². The molecule has 0 saturated heterocycles. The molecule has 0 saturated carbocycles. The van der Waals surface area contributed by atoms with Crippen LogP contribution < -0.4 is 10.1 Å². The lowest BCUT2D eigenvalue weighted by molar-refractivity contribution is 0.199. The highest BCUT2D eigenvalue weighted by Gasteiger charge is 2.11. The van der Waals surface area contributed by atoms with Gasteiger partial charge in [-0.15, -0.1) is 16.7 Å². The van der Waals surface area contributed by atoms with Crippen LogP contribution in [0.15, 0.2) is 6.20 Å². The highest BCUT2D eigenvalue weighted by atomic mass is 35.5. The van der Waals surface area contributed by atoms with Gasteiger partial charge in [0.25, 0.3) is 5.88 Å². The molecule has 2 N–H and O–H groups in total. The molecule has 0 aliphatic rings. The molecule has 1 amide bonds. The molecular formula is C7H7ClN6O2. The largest absolute Gasteiger partial charge is 0.414 e. The number of nitrogens with zero attached hydrogens (tertiary/aromatic N) is 4. The molecule has 0 bridgehead atoms. The molecule has 2 heterocycles. The normalized spacial score (nSPS) is 10.3. The Hall–Kier alpha value is -1.96. The zero-order valence-corrected chi connectivity index (χ0v) is 8.73. The first-order valence-electron chi connectivity index (χ1n) is 4.35. The van der Waals surface area contributed by atoms with Crippen molar-refractivity contribution in [2.24, 2.45) is 0 Å². The van der Waals surface area contributed by atoms with Gasteiger partial charge < -0.3 is 10.1 Å². The van der Waals surface area contributed by atoms with E-state index in [1.807, 2.05) is 0 Å². The number of aromatic nitrogens is 5. The maximum absolute atomic E-state index is 11.2. The van der Waals surface area contributed by atoms with Crippen molar-refractivity contribution < 1.29 is 9.53 Å². The predicted octanol–water partition coefficient (Wildman–Crippen LogP) is 0.0751. The summed E-state index contributed by atoms with van der Waals surface area (Å²) in [7, 11) is 0. The molecular weight excluding hydrogens is 236 g/mol. The molecule has 16 heavy (non-hydrogen) atoms. The second-order valence-corrected chi connectivity index (χ2v) is 3.11. The van der Waals surface area contributed by atoms with E-state index in [1.165, 1.54) is 6.20 Å². The van der Waals surface area contributed by atoms with Gasteiger partial charge in [-0.05, 0) is 5.21 Å². The van der Waals surface area contributed by atoms with E-state index in [0.717, 1.165) is 0 Å². The lowest BCUT2D eigenvalue weighted by Crippen LogP contribution is -2.28. The van der Waals surface area contributed by atoms with Gasteiger partial charge >= 0.3 is 6.09 Å². The summed E-state index contributed by atoms with van der Waals surface area (Å²) in [6.07, 6.45) is 0.796. The smallest absolute Gasteiger partial charge is 0.389 e. The van der Waals surface area contributed by atoms with E-state index in [2.05, 4.69) is 30.9 Å². The molecule has 2 rings (SSSR count). The van der Waals surface area contributed by atoms with E-state index in [-0.39, 0.29) is 5.88 Å². The Morgan fingerprint density at radius 3 is 3.25 bits per heavy atom. The van der Waals surface area contributed by atoms with Crippen LogP contribution in [0.1, 0.15) is 0 Å². The number of H-pyrrole nitrogens is 1. The van der Waals surface area contributed by atoms with Crippen LogP contribution in [0, 0.1) is 0 Å². The second kappa shape index (κ2) is 4.71. The van der Waals surface area contributed by atoms with Crippen molar-refractivity contribution >= 4 is 28.7 Å².